The van der Waals surface area contributed by atoms with Gasteiger partial charge in [0, 0.05) is 50.3 Å². The molecule has 0 atom stereocenters. The summed E-state index contributed by atoms with van der Waals surface area (Å²) in [4.78, 5) is 13.0. The number of pyridine rings is 1. The summed E-state index contributed by atoms with van der Waals surface area (Å²) in [7, 11) is -1.76. The first-order chi connectivity index (χ1) is 12.9. The first-order valence-electron chi connectivity index (χ1n) is 8.90. The summed E-state index contributed by atoms with van der Waals surface area (Å²) in [6.07, 6.45) is 8.18. The minimum absolute atomic E-state index is 0.110. The quantitative estimate of drug-likeness (QED) is 0.683. The molecule has 4 heterocycles. The van der Waals surface area contributed by atoms with Gasteiger partial charge in [0.1, 0.15) is 11.6 Å². The van der Waals surface area contributed by atoms with E-state index in [0.717, 1.165) is 30.2 Å². The van der Waals surface area contributed by atoms with Crippen LogP contribution in [-0.2, 0) is 17.1 Å². The fourth-order valence-electron chi connectivity index (χ4n) is 3.47. The van der Waals surface area contributed by atoms with Gasteiger partial charge in [0.05, 0.1) is 6.33 Å². The van der Waals surface area contributed by atoms with E-state index < -0.39 is 10.0 Å². The van der Waals surface area contributed by atoms with Crippen molar-refractivity contribution in [3.05, 3.63) is 54.6 Å². The van der Waals surface area contributed by atoms with Crippen LogP contribution in [0.15, 0.2) is 48.1 Å². The van der Waals surface area contributed by atoms with E-state index in [4.69, 9.17) is 4.98 Å². The molecule has 1 saturated heterocycles. The number of rotatable bonds is 4. The summed E-state index contributed by atoms with van der Waals surface area (Å²) in [5, 5.41) is 0.110. The lowest BCUT2D eigenvalue weighted by Crippen LogP contribution is -2.38. The van der Waals surface area contributed by atoms with Crippen LogP contribution in [0.2, 0.25) is 0 Å². The van der Waals surface area contributed by atoms with Gasteiger partial charge in [-0.25, -0.2) is 23.4 Å². The van der Waals surface area contributed by atoms with Crippen molar-refractivity contribution in [3.8, 4) is 5.82 Å². The molecule has 1 fully saturated rings. The van der Waals surface area contributed by atoms with Crippen LogP contribution in [0.3, 0.4) is 0 Å². The second-order valence-corrected chi connectivity index (χ2v) is 8.71. The monoisotopic (exact) mass is 386 g/mol. The number of aryl methyl sites for hydroxylation is 2. The molecule has 0 aliphatic carbocycles. The highest BCUT2D eigenvalue weighted by Crippen LogP contribution is 2.30. The Morgan fingerprint density at radius 3 is 2.56 bits per heavy atom. The van der Waals surface area contributed by atoms with Gasteiger partial charge in [0.15, 0.2) is 5.03 Å². The van der Waals surface area contributed by atoms with Gasteiger partial charge in [0.2, 0.25) is 0 Å². The lowest BCUT2D eigenvalue weighted by Gasteiger charge is -2.30. The molecule has 27 heavy (non-hydrogen) atoms. The summed E-state index contributed by atoms with van der Waals surface area (Å²) in [5.74, 6) is 1.96. The first-order valence-corrected chi connectivity index (χ1v) is 10.3. The Labute approximate surface area is 158 Å². The summed E-state index contributed by atoms with van der Waals surface area (Å²) >= 11 is 0. The fraction of sp³-hybridized carbons (Fsp3) is 0.389. The van der Waals surface area contributed by atoms with E-state index in [1.807, 2.05) is 35.9 Å². The molecular weight excluding hydrogens is 364 g/mol. The highest BCUT2D eigenvalue weighted by Gasteiger charge is 2.31. The molecule has 9 heteroatoms. The third-order valence-electron chi connectivity index (χ3n) is 4.99. The number of sulfonamides is 1. The molecule has 0 radical (unpaired) electrons. The van der Waals surface area contributed by atoms with Crippen molar-refractivity contribution in [2.45, 2.75) is 30.7 Å². The molecular formula is C18H22N6O2S. The average Bonchev–Trinajstić information content (AvgIpc) is 3.30. The molecule has 142 valence electrons. The third-order valence-corrected chi connectivity index (χ3v) is 6.77. The molecule has 1 aliphatic heterocycles. The lowest BCUT2D eigenvalue weighted by atomic mass is 9.94. The van der Waals surface area contributed by atoms with E-state index in [9.17, 15) is 8.42 Å². The molecule has 3 aromatic heterocycles. The first kappa shape index (κ1) is 17.9. The Kier molecular flexibility index (Phi) is 4.56. The number of imidazole rings is 2. The van der Waals surface area contributed by atoms with Crippen molar-refractivity contribution in [2.24, 2.45) is 7.05 Å². The molecule has 0 N–H and O–H groups in total. The molecule has 0 amide bonds. The topological polar surface area (TPSA) is 85.9 Å². The molecule has 0 bridgehead atoms. The van der Waals surface area contributed by atoms with E-state index in [1.165, 1.54) is 10.6 Å². The number of hydrogen-bond donors (Lipinski definition) is 0. The number of nitrogens with zero attached hydrogens (tertiary/aromatic N) is 6. The van der Waals surface area contributed by atoms with Gasteiger partial charge in [-0.05, 0) is 31.9 Å². The van der Waals surface area contributed by atoms with E-state index in [2.05, 4.69) is 9.97 Å². The fourth-order valence-corrected chi connectivity index (χ4v) is 4.90. The van der Waals surface area contributed by atoms with Crippen LogP contribution in [0.4, 0.5) is 0 Å². The van der Waals surface area contributed by atoms with Crippen LogP contribution in [0.5, 0.6) is 0 Å². The summed E-state index contributed by atoms with van der Waals surface area (Å²) in [5.41, 5.74) is 0.996. The second kappa shape index (κ2) is 6.90. The van der Waals surface area contributed by atoms with Crippen molar-refractivity contribution in [2.75, 3.05) is 13.1 Å². The van der Waals surface area contributed by atoms with E-state index in [1.54, 1.807) is 24.0 Å². The molecule has 0 aromatic carbocycles. The molecule has 3 aromatic rings. The van der Waals surface area contributed by atoms with Crippen molar-refractivity contribution >= 4 is 10.0 Å². The number of aromatic nitrogens is 5. The zero-order chi connectivity index (χ0) is 19.0. The van der Waals surface area contributed by atoms with Crippen LogP contribution >= 0.6 is 0 Å². The zero-order valence-corrected chi connectivity index (χ0v) is 16.2. The van der Waals surface area contributed by atoms with Gasteiger partial charge < -0.3 is 4.57 Å². The Hall–Kier alpha value is -2.52. The summed E-state index contributed by atoms with van der Waals surface area (Å²) < 4.78 is 30.5. The molecule has 1 aliphatic rings. The second-order valence-electron chi connectivity index (χ2n) is 6.82. The standard InChI is InChI=1S/C18H22N6O2S/c1-14-19-8-11-24(14)17-5-3-4-16(21-17)15-6-9-23(10-7-15)27(25,26)18-12-22(2)13-20-18/h3-5,8,11-13,15H,6-7,9-10H2,1-2H3. The van der Waals surface area contributed by atoms with Crippen LogP contribution in [0, 0.1) is 6.92 Å². The molecule has 0 saturated carbocycles. The van der Waals surface area contributed by atoms with Gasteiger partial charge in [-0.15, -0.1) is 0 Å². The Balaban J connectivity index is 1.49. The van der Waals surface area contributed by atoms with Crippen molar-refractivity contribution < 1.29 is 8.42 Å². The normalized spacial score (nSPS) is 16.7. The van der Waals surface area contributed by atoms with Crippen LogP contribution in [-0.4, -0.2) is 49.9 Å². The van der Waals surface area contributed by atoms with Gasteiger partial charge >= 0.3 is 0 Å². The molecule has 0 unspecified atom stereocenters. The van der Waals surface area contributed by atoms with Crippen LogP contribution < -0.4 is 0 Å². The Morgan fingerprint density at radius 2 is 1.93 bits per heavy atom. The predicted octanol–water partition coefficient (Wildman–Crippen LogP) is 1.88. The maximum Gasteiger partial charge on any atom is 0.262 e. The number of hydrogen-bond acceptors (Lipinski definition) is 5. The van der Waals surface area contributed by atoms with Crippen LogP contribution in [0.25, 0.3) is 5.82 Å². The van der Waals surface area contributed by atoms with Crippen molar-refractivity contribution in [1.82, 2.24) is 28.4 Å². The number of piperidine rings is 1. The average molecular weight is 386 g/mol. The molecule has 8 nitrogen and oxygen atoms in total. The summed E-state index contributed by atoms with van der Waals surface area (Å²) in [6.45, 7) is 2.88. The SMILES string of the molecule is Cc1nccn1-c1cccc(C2CCN(S(=O)(=O)c3cn(C)cn3)CC2)n1. The summed E-state index contributed by atoms with van der Waals surface area (Å²) in [6, 6.07) is 5.97. The van der Waals surface area contributed by atoms with Crippen molar-refractivity contribution in [1.29, 1.82) is 0 Å². The third kappa shape index (κ3) is 3.40. The van der Waals surface area contributed by atoms with Crippen LogP contribution in [0.1, 0.15) is 30.3 Å². The van der Waals surface area contributed by atoms with Crippen molar-refractivity contribution in [3.63, 3.8) is 0 Å². The largest absolute Gasteiger partial charge is 0.339 e. The predicted molar refractivity (Wildman–Crippen MR) is 100 cm³/mol. The van der Waals surface area contributed by atoms with Gasteiger partial charge in [0.25, 0.3) is 10.0 Å². The maximum atomic E-state index is 12.7. The lowest BCUT2D eigenvalue weighted by molar-refractivity contribution is 0.316. The zero-order valence-electron chi connectivity index (χ0n) is 15.4. The highest BCUT2D eigenvalue weighted by atomic mass is 32.2. The van der Waals surface area contributed by atoms with Gasteiger partial charge in [-0.1, -0.05) is 6.07 Å². The minimum Gasteiger partial charge on any atom is -0.339 e. The highest BCUT2D eigenvalue weighted by molar-refractivity contribution is 7.89. The minimum atomic E-state index is -3.53. The van der Waals surface area contributed by atoms with Gasteiger partial charge in [-0.3, -0.25) is 4.57 Å². The maximum absolute atomic E-state index is 12.7. The van der Waals surface area contributed by atoms with Gasteiger partial charge in [-0.2, -0.15) is 4.31 Å². The molecule has 0 spiro atoms. The molecule has 4 rings (SSSR count). The van der Waals surface area contributed by atoms with E-state index in [-0.39, 0.29) is 10.9 Å². The van der Waals surface area contributed by atoms with E-state index in [0.29, 0.717) is 13.1 Å². The Bertz CT molecular complexity index is 1050. The van der Waals surface area contributed by atoms with E-state index >= 15 is 0 Å². The Morgan fingerprint density at radius 1 is 1.15 bits per heavy atom. The smallest absolute Gasteiger partial charge is 0.262 e.